The number of nitrogens with zero attached hydrogens (tertiary/aromatic N) is 1. The third-order valence-electron chi connectivity index (χ3n) is 5.20. The zero-order valence-electron chi connectivity index (χ0n) is 12.6. The summed E-state index contributed by atoms with van der Waals surface area (Å²) in [5, 5.41) is 0. The summed E-state index contributed by atoms with van der Waals surface area (Å²) in [5.74, 6) is 0. The van der Waals surface area contributed by atoms with Crippen molar-refractivity contribution in [3.63, 3.8) is 0 Å². The van der Waals surface area contributed by atoms with Crippen molar-refractivity contribution in [1.29, 1.82) is 0 Å². The molecule has 106 valence electrons. The Morgan fingerprint density at radius 2 is 1.94 bits per heavy atom. The highest BCUT2D eigenvalue weighted by Crippen LogP contribution is 2.42. The maximum absolute atomic E-state index is 6.19. The minimum Gasteiger partial charge on any atom is -0.375 e. The average molecular weight is 254 g/mol. The number of hydrogen-bond acceptors (Lipinski definition) is 3. The first kappa shape index (κ1) is 14.3. The molecule has 0 saturated carbocycles. The van der Waals surface area contributed by atoms with E-state index in [1.807, 2.05) is 0 Å². The lowest BCUT2D eigenvalue weighted by atomic mass is 9.78. The van der Waals surface area contributed by atoms with Crippen LogP contribution in [-0.4, -0.2) is 42.3 Å². The second-order valence-corrected chi connectivity index (χ2v) is 7.34. The molecule has 0 aromatic heterocycles. The van der Waals surface area contributed by atoms with Gasteiger partial charge in [0.15, 0.2) is 0 Å². The molecule has 2 rings (SSSR count). The summed E-state index contributed by atoms with van der Waals surface area (Å²) in [4.78, 5) is 2.66. The van der Waals surface area contributed by atoms with Crippen molar-refractivity contribution >= 4 is 0 Å². The average Bonchev–Trinajstić information content (AvgIpc) is 2.70. The number of rotatable bonds is 3. The van der Waals surface area contributed by atoms with Gasteiger partial charge in [-0.3, -0.25) is 4.90 Å². The first-order valence-electron chi connectivity index (χ1n) is 7.44. The molecule has 18 heavy (non-hydrogen) atoms. The van der Waals surface area contributed by atoms with E-state index in [0.29, 0.717) is 5.41 Å². The van der Waals surface area contributed by atoms with Gasteiger partial charge in [-0.25, -0.2) is 0 Å². The molecular weight excluding hydrogens is 224 g/mol. The van der Waals surface area contributed by atoms with Crippen molar-refractivity contribution in [2.45, 2.75) is 64.5 Å². The number of likely N-dealkylation sites (tertiary alicyclic amines) is 1. The molecule has 0 bridgehead atoms. The minimum absolute atomic E-state index is 0.0182. The first-order valence-corrected chi connectivity index (χ1v) is 7.44. The third kappa shape index (κ3) is 2.59. The van der Waals surface area contributed by atoms with Gasteiger partial charge in [-0.15, -0.1) is 0 Å². The van der Waals surface area contributed by atoms with E-state index in [1.54, 1.807) is 0 Å². The maximum atomic E-state index is 6.19. The standard InChI is InChI=1S/C15H30N2O/c1-5-14(4)10-15(11-16,7-9-18-14)17-8-6-13(2,3)12-17/h5-12,16H2,1-4H3. The van der Waals surface area contributed by atoms with E-state index in [0.717, 1.165) is 32.4 Å². The molecular formula is C15H30N2O. The van der Waals surface area contributed by atoms with E-state index in [2.05, 4.69) is 32.6 Å². The summed E-state index contributed by atoms with van der Waals surface area (Å²) >= 11 is 0. The lowest BCUT2D eigenvalue weighted by molar-refractivity contribution is -0.126. The van der Waals surface area contributed by atoms with Gasteiger partial charge in [-0.2, -0.15) is 0 Å². The fourth-order valence-corrected chi connectivity index (χ4v) is 3.64. The van der Waals surface area contributed by atoms with Gasteiger partial charge in [0.2, 0.25) is 0 Å². The van der Waals surface area contributed by atoms with Crippen LogP contribution in [0.15, 0.2) is 0 Å². The Hall–Kier alpha value is -0.120. The molecule has 2 aliphatic heterocycles. The molecule has 2 unspecified atom stereocenters. The first-order chi connectivity index (χ1) is 8.35. The van der Waals surface area contributed by atoms with E-state index in [9.17, 15) is 0 Å². The summed E-state index contributed by atoms with van der Waals surface area (Å²) < 4.78 is 6.00. The van der Waals surface area contributed by atoms with Crippen LogP contribution in [-0.2, 0) is 4.74 Å². The van der Waals surface area contributed by atoms with Crippen molar-refractivity contribution in [2.75, 3.05) is 26.2 Å². The summed E-state index contributed by atoms with van der Waals surface area (Å²) in [7, 11) is 0. The second kappa shape index (κ2) is 4.77. The Balaban J connectivity index is 2.16. The van der Waals surface area contributed by atoms with Crippen LogP contribution < -0.4 is 5.73 Å². The zero-order chi connectivity index (χ0) is 13.4. The molecule has 0 aromatic carbocycles. The topological polar surface area (TPSA) is 38.5 Å². The molecule has 2 aliphatic rings. The number of hydrogen-bond donors (Lipinski definition) is 1. The molecule has 2 saturated heterocycles. The van der Waals surface area contributed by atoms with E-state index in [-0.39, 0.29) is 11.1 Å². The lowest BCUT2D eigenvalue weighted by Gasteiger charge is -2.50. The van der Waals surface area contributed by atoms with Crippen LogP contribution in [0.5, 0.6) is 0 Å². The van der Waals surface area contributed by atoms with Gasteiger partial charge in [0.1, 0.15) is 0 Å². The Kier molecular flexibility index (Phi) is 3.79. The Labute approximate surface area is 112 Å². The van der Waals surface area contributed by atoms with Gasteiger partial charge in [-0.1, -0.05) is 20.8 Å². The fraction of sp³-hybridized carbons (Fsp3) is 1.00. The third-order valence-corrected chi connectivity index (χ3v) is 5.20. The lowest BCUT2D eigenvalue weighted by Crippen LogP contribution is -2.60. The van der Waals surface area contributed by atoms with Gasteiger partial charge in [-0.05, 0) is 44.6 Å². The molecule has 0 aromatic rings. The van der Waals surface area contributed by atoms with E-state index in [1.165, 1.54) is 19.5 Å². The Morgan fingerprint density at radius 3 is 2.44 bits per heavy atom. The molecule has 3 nitrogen and oxygen atoms in total. The monoisotopic (exact) mass is 254 g/mol. The molecule has 2 fully saturated rings. The smallest absolute Gasteiger partial charge is 0.0670 e. The fourth-order valence-electron chi connectivity index (χ4n) is 3.64. The van der Waals surface area contributed by atoms with Gasteiger partial charge in [0, 0.05) is 25.2 Å². The zero-order valence-corrected chi connectivity index (χ0v) is 12.6. The molecule has 0 spiro atoms. The summed E-state index contributed by atoms with van der Waals surface area (Å²) in [6.07, 6.45) is 4.54. The molecule has 2 heterocycles. The predicted molar refractivity (Wildman–Crippen MR) is 75.6 cm³/mol. The SMILES string of the molecule is CCC1(C)CC(CN)(N2CCC(C)(C)C2)CCO1. The van der Waals surface area contributed by atoms with Crippen LogP contribution in [0.2, 0.25) is 0 Å². The number of ether oxygens (including phenoxy) is 1. The van der Waals surface area contributed by atoms with Gasteiger partial charge < -0.3 is 10.5 Å². The van der Waals surface area contributed by atoms with Crippen LogP contribution in [0.4, 0.5) is 0 Å². The van der Waals surface area contributed by atoms with Crippen LogP contribution >= 0.6 is 0 Å². The summed E-state index contributed by atoms with van der Waals surface area (Å²) in [6, 6.07) is 0. The molecule has 0 aliphatic carbocycles. The van der Waals surface area contributed by atoms with Gasteiger partial charge in [0.25, 0.3) is 0 Å². The van der Waals surface area contributed by atoms with Crippen molar-refractivity contribution in [2.24, 2.45) is 11.1 Å². The predicted octanol–water partition coefficient (Wildman–Crippen LogP) is 2.39. The highest BCUT2D eigenvalue weighted by molar-refractivity contribution is 5.03. The highest BCUT2D eigenvalue weighted by atomic mass is 16.5. The second-order valence-electron chi connectivity index (χ2n) is 7.34. The van der Waals surface area contributed by atoms with E-state index in [4.69, 9.17) is 10.5 Å². The number of nitrogens with two attached hydrogens (primary N) is 1. The van der Waals surface area contributed by atoms with Gasteiger partial charge in [0.05, 0.1) is 5.60 Å². The van der Waals surface area contributed by atoms with Crippen molar-refractivity contribution in [3.05, 3.63) is 0 Å². The summed E-state index contributed by atoms with van der Waals surface area (Å²) in [5.41, 5.74) is 6.83. The normalized spacial score (nSPS) is 41.2. The Morgan fingerprint density at radius 1 is 1.22 bits per heavy atom. The maximum Gasteiger partial charge on any atom is 0.0670 e. The molecule has 0 radical (unpaired) electrons. The van der Waals surface area contributed by atoms with Crippen LogP contribution in [0.1, 0.15) is 53.4 Å². The van der Waals surface area contributed by atoms with Crippen molar-refractivity contribution in [3.8, 4) is 0 Å². The minimum atomic E-state index is 0.0182. The van der Waals surface area contributed by atoms with Crippen LogP contribution in [0.3, 0.4) is 0 Å². The van der Waals surface area contributed by atoms with E-state index >= 15 is 0 Å². The largest absolute Gasteiger partial charge is 0.375 e. The van der Waals surface area contributed by atoms with Crippen molar-refractivity contribution in [1.82, 2.24) is 4.90 Å². The molecule has 0 amide bonds. The summed E-state index contributed by atoms with van der Waals surface area (Å²) in [6.45, 7) is 13.2. The van der Waals surface area contributed by atoms with E-state index < -0.39 is 0 Å². The van der Waals surface area contributed by atoms with Crippen molar-refractivity contribution < 1.29 is 4.74 Å². The Bertz CT molecular complexity index is 305. The quantitative estimate of drug-likeness (QED) is 0.840. The molecule has 2 N–H and O–H groups in total. The van der Waals surface area contributed by atoms with Crippen LogP contribution in [0, 0.1) is 5.41 Å². The highest BCUT2D eigenvalue weighted by Gasteiger charge is 2.48. The molecule has 2 atom stereocenters. The molecule has 3 heteroatoms. The van der Waals surface area contributed by atoms with Gasteiger partial charge >= 0.3 is 0 Å². The van der Waals surface area contributed by atoms with Crippen LogP contribution in [0.25, 0.3) is 0 Å².